The van der Waals surface area contributed by atoms with Crippen molar-refractivity contribution in [1.29, 1.82) is 0 Å². The lowest BCUT2D eigenvalue weighted by Crippen LogP contribution is -2.69. The average Bonchev–Trinajstić information content (AvgIpc) is 3.36. The lowest BCUT2D eigenvalue weighted by molar-refractivity contribution is -0.288. The molecule has 212 valence electrons. The zero-order chi connectivity index (χ0) is 27.3. The average molecular weight is 519 g/mol. The van der Waals surface area contributed by atoms with E-state index in [1.807, 2.05) is 6.92 Å². The van der Waals surface area contributed by atoms with E-state index in [1.165, 1.54) is 0 Å². The zero-order valence-corrected chi connectivity index (χ0v) is 24.9. The minimum absolute atomic E-state index is 0.00479. The number of hydrogen-bond donors (Lipinski definition) is 2. The van der Waals surface area contributed by atoms with Crippen LogP contribution in [0.3, 0.4) is 0 Å². The predicted molar refractivity (Wildman–Crippen MR) is 145 cm³/mol. The summed E-state index contributed by atoms with van der Waals surface area (Å²) in [6.45, 7) is 19.4. The number of hydrogen-bond acceptors (Lipinski definition) is 5. The number of aliphatic hydroxyl groups excluding tert-OH is 1. The van der Waals surface area contributed by atoms with Crippen molar-refractivity contribution < 1.29 is 24.5 Å². The van der Waals surface area contributed by atoms with Gasteiger partial charge in [0.1, 0.15) is 5.60 Å². The lowest BCUT2D eigenvalue weighted by atomic mass is 9.32. The fourth-order valence-corrected chi connectivity index (χ4v) is 11.1. The van der Waals surface area contributed by atoms with Crippen molar-refractivity contribution >= 4 is 5.78 Å². The number of aliphatic hydroxyl groups is 2. The molecule has 2 N–H and O–H groups in total. The summed E-state index contributed by atoms with van der Waals surface area (Å²) in [4.78, 5) is 14.2. The molecule has 1 unspecified atom stereocenters. The lowest BCUT2D eigenvalue weighted by Gasteiger charge is -2.73. The predicted octanol–water partition coefficient (Wildman–Crippen LogP) is 6.29. The van der Waals surface area contributed by atoms with Crippen molar-refractivity contribution in [2.45, 2.75) is 137 Å². The molecule has 0 aromatic carbocycles. The summed E-state index contributed by atoms with van der Waals surface area (Å²) in [5, 5.41) is 23.4. The molecule has 1 saturated heterocycles. The highest BCUT2D eigenvalue weighted by Crippen LogP contribution is 2.79. The number of ether oxygens (including phenoxy) is 2. The van der Waals surface area contributed by atoms with Crippen LogP contribution in [0.5, 0.6) is 0 Å². The molecule has 5 rings (SSSR count). The highest BCUT2D eigenvalue weighted by Gasteiger charge is 2.79. The maximum atomic E-state index is 14.2. The Hall–Kier alpha value is -0.490. The summed E-state index contributed by atoms with van der Waals surface area (Å²) in [5.41, 5.74) is -2.03. The Morgan fingerprint density at radius 1 is 0.892 bits per heavy atom. The van der Waals surface area contributed by atoms with Crippen molar-refractivity contribution in [2.24, 2.45) is 44.8 Å². The minimum Gasteiger partial charge on any atom is -0.393 e. The van der Waals surface area contributed by atoms with Gasteiger partial charge in [-0.3, -0.25) is 4.79 Å². The van der Waals surface area contributed by atoms with Gasteiger partial charge >= 0.3 is 0 Å². The van der Waals surface area contributed by atoms with Gasteiger partial charge in [0.25, 0.3) is 0 Å². The molecule has 4 saturated carbocycles. The van der Waals surface area contributed by atoms with E-state index in [0.29, 0.717) is 37.9 Å². The highest BCUT2D eigenvalue weighted by atomic mass is 16.7. The van der Waals surface area contributed by atoms with E-state index in [0.717, 1.165) is 51.4 Å². The van der Waals surface area contributed by atoms with Crippen LogP contribution in [0.4, 0.5) is 0 Å². The van der Waals surface area contributed by atoms with Gasteiger partial charge < -0.3 is 19.7 Å². The summed E-state index contributed by atoms with van der Waals surface area (Å²) < 4.78 is 12.6. The molecule has 0 spiro atoms. The van der Waals surface area contributed by atoms with E-state index in [1.54, 1.807) is 0 Å². The number of rotatable bonds is 5. The van der Waals surface area contributed by atoms with Gasteiger partial charge in [-0.2, -0.15) is 0 Å². The topological polar surface area (TPSA) is 76.0 Å². The molecule has 5 nitrogen and oxygen atoms in total. The fraction of sp³-hybridized carbons (Fsp3) is 0.969. The third-order valence-corrected chi connectivity index (χ3v) is 14.1. The summed E-state index contributed by atoms with van der Waals surface area (Å²) >= 11 is 0. The molecule has 9 atom stereocenters. The number of carbonyl (C=O) groups is 1. The highest BCUT2D eigenvalue weighted by molar-refractivity contribution is 5.92. The first-order valence-electron chi connectivity index (χ1n) is 15.3. The molecule has 4 aliphatic carbocycles. The van der Waals surface area contributed by atoms with Crippen molar-refractivity contribution in [3.63, 3.8) is 0 Å². The van der Waals surface area contributed by atoms with Crippen LogP contribution < -0.4 is 0 Å². The molecule has 1 heterocycles. The Morgan fingerprint density at radius 2 is 1.54 bits per heavy atom. The second kappa shape index (κ2) is 8.51. The Bertz CT molecular complexity index is 926. The molecular formula is C32H54O5. The van der Waals surface area contributed by atoms with E-state index in [9.17, 15) is 15.0 Å². The minimum atomic E-state index is -1.48. The van der Waals surface area contributed by atoms with E-state index >= 15 is 0 Å². The standard InChI is InChI=1S/C32H54O5/c1-21(2)9-14-31(36-17-18-37-31)22(3)32(35)25(34)20-28(6)24-11-12-26(4)19-23(33)10-13-29(26,7)27(24,5)15-16-30(28,32)8/h21-24,33,35H,9-20H2,1-8H3/t22-,23+,24?,26+,27+,28+,29+,30+,32-/m1/s1. The van der Waals surface area contributed by atoms with Crippen LogP contribution in [0.15, 0.2) is 0 Å². The maximum absolute atomic E-state index is 14.2. The summed E-state index contributed by atoms with van der Waals surface area (Å²) in [6, 6.07) is 0. The molecule has 1 aliphatic heterocycles. The molecular weight excluding hydrogens is 464 g/mol. The SMILES string of the molecule is CC(C)CCC1([C@@H](C)[C@@]2(O)C(=O)C[C@@]3(C)C4CC[C@@]5(C)C[C@@H](O)CC[C@]5(C)[C@@]4(C)CC[C@@]32C)OCCO1. The fourth-order valence-electron chi connectivity index (χ4n) is 11.1. The molecule has 0 bridgehead atoms. The Balaban J connectivity index is 1.55. The normalized spacial score (nSPS) is 52.0. The number of fused-ring (bicyclic) bond motifs is 5. The maximum Gasteiger partial charge on any atom is 0.174 e. The smallest absolute Gasteiger partial charge is 0.174 e. The van der Waals surface area contributed by atoms with E-state index in [4.69, 9.17) is 9.47 Å². The summed E-state index contributed by atoms with van der Waals surface area (Å²) in [7, 11) is 0. The third-order valence-electron chi connectivity index (χ3n) is 14.1. The van der Waals surface area contributed by atoms with Crippen LogP contribution >= 0.6 is 0 Å². The number of Topliss-reactive ketones (excluding diaryl/α,β-unsaturated/α-hetero) is 1. The van der Waals surface area contributed by atoms with Gasteiger partial charge in [-0.1, -0.05) is 55.4 Å². The van der Waals surface area contributed by atoms with Gasteiger partial charge in [0.15, 0.2) is 11.6 Å². The van der Waals surface area contributed by atoms with Crippen LogP contribution in [0.2, 0.25) is 0 Å². The molecule has 0 radical (unpaired) electrons. The summed E-state index contributed by atoms with van der Waals surface area (Å²) in [6.07, 6.45) is 8.65. The van der Waals surface area contributed by atoms with Gasteiger partial charge in [-0.25, -0.2) is 0 Å². The first kappa shape index (κ1) is 28.1. The summed E-state index contributed by atoms with van der Waals surface area (Å²) in [5.74, 6) is -0.489. The van der Waals surface area contributed by atoms with Crippen molar-refractivity contribution in [2.75, 3.05) is 13.2 Å². The molecule has 5 aliphatic rings. The number of ketones is 1. The van der Waals surface area contributed by atoms with Gasteiger partial charge in [-0.15, -0.1) is 0 Å². The van der Waals surface area contributed by atoms with Gasteiger partial charge in [0, 0.05) is 24.2 Å². The van der Waals surface area contributed by atoms with Gasteiger partial charge in [0.05, 0.1) is 19.3 Å². The van der Waals surface area contributed by atoms with Crippen LogP contribution in [0.25, 0.3) is 0 Å². The number of carbonyl (C=O) groups excluding carboxylic acids is 1. The van der Waals surface area contributed by atoms with Crippen LogP contribution in [0, 0.1) is 44.8 Å². The Kier molecular flexibility index (Phi) is 6.45. The first-order valence-corrected chi connectivity index (χ1v) is 15.3. The zero-order valence-electron chi connectivity index (χ0n) is 24.9. The Labute approximate surface area is 225 Å². The molecule has 5 heteroatoms. The first-order chi connectivity index (χ1) is 17.1. The van der Waals surface area contributed by atoms with Crippen LogP contribution in [0.1, 0.15) is 120 Å². The van der Waals surface area contributed by atoms with Crippen LogP contribution in [-0.2, 0) is 14.3 Å². The molecule has 0 aromatic rings. The van der Waals surface area contributed by atoms with Gasteiger partial charge in [-0.05, 0) is 84.9 Å². The Morgan fingerprint density at radius 3 is 2.16 bits per heavy atom. The molecule has 37 heavy (non-hydrogen) atoms. The molecule has 0 amide bonds. The molecule has 0 aromatic heterocycles. The van der Waals surface area contributed by atoms with E-state index in [-0.39, 0.29) is 33.5 Å². The third kappa shape index (κ3) is 3.33. The second-order valence-corrected chi connectivity index (χ2v) is 15.6. The van der Waals surface area contributed by atoms with Crippen molar-refractivity contribution in [1.82, 2.24) is 0 Å². The van der Waals surface area contributed by atoms with Crippen molar-refractivity contribution in [3.05, 3.63) is 0 Å². The van der Waals surface area contributed by atoms with Crippen molar-refractivity contribution in [3.8, 4) is 0 Å². The monoisotopic (exact) mass is 518 g/mol. The van der Waals surface area contributed by atoms with E-state index in [2.05, 4.69) is 48.5 Å². The van der Waals surface area contributed by atoms with Gasteiger partial charge in [0.2, 0.25) is 0 Å². The van der Waals surface area contributed by atoms with E-state index < -0.39 is 22.7 Å². The second-order valence-electron chi connectivity index (χ2n) is 15.6. The quantitative estimate of drug-likeness (QED) is 0.448. The largest absolute Gasteiger partial charge is 0.393 e. The van der Waals surface area contributed by atoms with Crippen LogP contribution in [-0.4, -0.2) is 46.7 Å². The molecule has 5 fully saturated rings.